The van der Waals surface area contributed by atoms with Gasteiger partial charge in [0.15, 0.2) is 5.78 Å². The predicted octanol–water partition coefficient (Wildman–Crippen LogP) is 3.25. The second-order valence-corrected chi connectivity index (χ2v) is 6.83. The molecule has 21 heavy (non-hydrogen) atoms. The fraction of sp³-hybridized carbons (Fsp3) is 0.611. The zero-order chi connectivity index (χ0) is 15.3. The summed E-state index contributed by atoms with van der Waals surface area (Å²) in [5.74, 6) is 0.924. The van der Waals surface area contributed by atoms with Crippen molar-refractivity contribution in [3.63, 3.8) is 0 Å². The SMILES string of the molecule is CN(CC1CCOCC1)CC(C)(C)C(=O)c1ccccc1. The summed E-state index contributed by atoms with van der Waals surface area (Å²) in [5.41, 5.74) is 0.448. The third-order valence-electron chi connectivity index (χ3n) is 4.23. The Hall–Kier alpha value is -1.19. The number of nitrogens with zero attached hydrogens (tertiary/aromatic N) is 1. The zero-order valence-electron chi connectivity index (χ0n) is 13.5. The number of ether oxygens (including phenoxy) is 1. The molecule has 0 saturated carbocycles. The predicted molar refractivity (Wildman–Crippen MR) is 85.6 cm³/mol. The molecule has 0 aromatic heterocycles. The molecule has 1 saturated heterocycles. The minimum Gasteiger partial charge on any atom is -0.381 e. The Morgan fingerprint density at radius 3 is 2.48 bits per heavy atom. The van der Waals surface area contributed by atoms with Crippen molar-refractivity contribution >= 4 is 5.78 Å². The quantitative estimate of drug-likeness (QED) is 0.753. The van der Waals surface area contributed by atoms with E-state index < -0.39 is 0 Å². The minimum absolute atomic E-state index is 0.224. The molecule has 1 aliphatic heterocycles. The molecule has 3 heteroatoms. The second kappa shape index (κ2) is 7.19. The molecular weight excluding hydrogens is 262 g/mol. The molecular formula is C18H27NO2. The Bertz CT molecular complexity index is 450. The van der Waals surface area contributed by atoms with Gasteiger partial charge in [-0.05, 0) is 25.8 Å². The number of rotatable bonds is 6. The van der Waals surface area contributed by atoms with Crippen LogP contribution in [0.4, 0.5) is 0 Å². The fourth-order valence-corrected chi connectivity index (χ4v) is 3.16. The third-order valence-corrected chi connectivity index (χ3v) is 4.23. The molecule has 0 N–H and O–H groups in total. The highest BCUT2D eigenvalue weighted by Gasteiger charge is 2.30. The fourth-order valence-electron chi connectivity index (χ4n) is 3.16. The maximum Gasteiger partial charge on any atom is 0.169 e. The van der Waals surface area contributed by atoms with Crippen LogP contribution in [0.3, 0.4) is 0 Å². The topological polar surface area (TPSA) is 29.5 Å². The van der Waals surface area contributed by atoms with Gasteiger partial charge in [0.2, 0.25) is 0 Å². The molecule has 1 aromatic carbocycles. The first-order valence-electron chi connectivity index (χ1n) is 7.85. The molecule has 3 nitrogen and oxygen atoms in total. The molecule has 1 heterocycles. The van der Waals surface area contributed by atoms with E-state index >= 15 is 0 Å². The van der Waals surface area contributed by atoms with E-state index in [9.17, 15) is 4.79 Å². The van der Waals surface area contributed by atoms with Gasteiger partial charge in [-0.1, -0.05) is 44.2 Å². The first-order chi connectivity index (χ1) is 9.99. The van der Waals surface area contributed by atoms with E-state index in [0.29, 0.717) is 5.92 Å². The van der Waals surface area contributed by atoms with E-state index in [1.807, 2.05) is 44.2 Å². The maximum atomic E-state index is 12.6. The summed E-state index contributed by atoms with van der Waals surface area (Å²) in [5, 5.41) is 0. The summed E-state index contributed by atoms with van der Waals surface area (Å²) >= 11 is 0. The van der Waals surface area contributed by atoms with Crippen molar-refractivity contribution < 1.29 is 9.53 Å². The Kier molecular flexibility index (Phi) is 5.54. The van der Waals surface area contributed by atoms with Crippen molar-refractivity contribution in [2.24, 2.45) is 11.3 Å². The lowest BCUT2D eigenvalue weighted by Gasteiger charge is -2.32. The molecule has 0 spiro atoms. The molecule has 1 aromatic rings. The maximum absolute atomic E-state index is 12.6. The highest BCUT2D eigenvalue weighted by molar-refractivity contribution is 6.00. The number of Topliss-reactive ketones (excluding diaryl/α,β-unsaturated/α-hetero) is 1. The molecule has 0 unspecified atom stereocenters. The number of hydrogen-bond donors (Lipinski definition) is 0. The highest BCUT2D eigenvalue weighted by atomic mass is 16.5. The third kappa shape index (κ3) is 4.65. The van der Waals surface area contributed by atoms with Crippen molar-refractivity contribution in [2.45, 2.75) is 26.7 Å². The van der Waals surface area contributed by atoms with E-state index in [4.69, 9.17) is 4.74 Å². The van der Waals surface area contributed by atoms with E-state index in [0.717, 1.165) is 44.7 Å². The van der Waals surface area contributed by atoms with Crippen LogP contribution in [-0.4, -0.2) is 44.0 Å². The molecule has 0 atom stereocenters. The standard InChI is InChI=1S/C18H27NO2/c1-18(2,17(20)16-7-5-4-6-8-16)14-19(3)13-15-9-11-21-12-10-15/h4-8,15H,9-14H2,1-3H3. The smallest absolute Gasteiger partial charge is 0.169 e. The Morgan fingerprint density at radius 2 is 1.86 bits per heavy atom. The Morgan fingerprint density at radius 1 is 1.24 bits per heavy atom. The highest BCUT2D eigenvalue weighted by Crippen LogP contribution is 2.24. The summed E-state index contributed by atoms with van der Waals surface area (Å²) < 4.78 is 5.41. The van der Waals surface area contributed by atoms with Gasteiger partial charge >= 0.3 is 0 Å². The van der Waals surface area contributed by atoms with Crippen LogP contribution >= 0.6 is 0 Å². The van der Waals surface area contributed by atoms with Crippen molar-refractivity contribution in [3.8, 4) is 0 Å². The number of carbonyl (C=O) groups is 1. The number of hydrogen-bond acceptors (Lipinski definition) is 3. The normalized spacial score (nSPS) is 17.1. The molecule has 0 radical (unpaired) electrons. The van der Waals surface area contributed by atoms with Crippen LogP contribution in [0.1, 0.15) is 37.0 Å². The monoisotopic (exact) mass is 289 g/mol. The lowest BCUT2D eigenvalue weighted by molar-refractivity contribution is 0.0493. The molecule has 0 aliphatic carbocycles. The van der Waals surface area contributed by atoms with Gasteiger partial charge in [-0.2, -0.15) is 0 Å². The van der Waals surface area contributed by atoms with Crippen molar-refractivity contribution in [1.29, 1.82) is 0 Å². The first kappa shape index (κ1) is 16.2. The van der Waals surface area contributed by atoms with Crippen LogP contribution in [0.2, 0.25) is 0 Å². The van der Waals surface area contributed by atoms with Gasteiger partial charge in [0.05, 0.1) is 0 Å². The van der Waals surface area contributed by atoms with Crippen LogP contribution in [0.5, 0.6) is 0 Å². The molecule has 116 valence electrons. The van der Waals surface area contributed by atoms with Gasteiger partial charge in [-0.25, -0.2) is 0 Å². The van der Waals surface area contributed by atoms with Crippen LogP contribution in [-0.2, 0) is 4.74 Å². The first-order valence-corrected chi connectivity index (χ1v) is 7.85. The summed E-state index contributed by atoms with van der Waals surface area (Å²) in [6.45, 7) is 7.69. The summed E-state index contributed by atoms with van der Waals surface area (Å²) in [7, 11) is 2.12. The van der Waals surface area contributed by atoms with Crippen LogP contribution < -0.4 is 0 Å². The average Bonchev–Trinajstić information content (AvgIpc) is 2.47. The Balaban J connectivity index is 1.91. The van der Waals surface area contributed by atoms with Gasteiger partial charge in [0.1, 0.15) is 0 Å². The van der Waals surface area contributed by atoms with E-state index in [-0.39, 0.29) is 11.2 Å². The zero-order valence-corrected chi connectivity index (χ0v) is 13.5. The van der Waals surface area contributed by atoms with Gasteiger partial charge in [0, 0.05) is 37.3 Å². The van der Waals surface area contributed by atoms with E-state index in [1.54, 1.807) is 0 Å². The lowest BCUT2D eigenvalue weighted by atomic mass is 9.83. The van der Waals surface area contributed by atoms with E-state index in [1.165, 1.54) is 0 Å². The molecule has 1 fully saturated rings. The molecule has 0 bridgehead atoms. The molecule has 1 aliphatic rings. The lowest BCUT2D eigenvalue weighted by Crippen LogP contribution is -2.40. The summed E-state index contributed by atoms with van der Waals surface area (Å²) in [4.78, 5) is 14.9. The number of ketones is 1. The van der Waals surface area contributed by atoms with Gasteiger partial charge in [-0.15, -0.1) is 0 Å². The van der Waals surface area contributed by atoms with Gasteiger partial charge in [-0.3, -0.25) is 4.79 Å². The van der Waals surface area contributed by atoms with Crippen LogP contribution in [0, 0.1) is 11.3 Å². The van der Waals surface area contributed by atoms with Crippen LogP contribution in [0.25, 0.3) is 0 Å². The Labute approximate surface area is 128 Å². The summed E-state index contributed by atoms with van der Waals surface area (Å²) in [6, 6.07) is 9.61. The number of benzene rings is 1. The van der Waals surface area contributed by atoms with Gasteiger partial charge < -0.3 is 9.64 Å². The number of carbonyl (C=O) groups excluding carboxylic acids is 1. The molecule has 0 amide bonds. The molecule has 2 rings (SSSR count). The minimum atomic E-state index is -0.360. The van der Waals surface area contributed by atoms with Crippen molar-refractivity contribution in [2.75, 3.05) is 33.4 Å². The van der Waals surface area contributed by atoms with Crippen molar-refractivity contribution in [3.05, 3.63) is 35.9 Å². The van der Waals surface area contributed by atoms with Gasteiger partial charge in [0.25, 0.3) is 0 Å². The summed E-state index contributed by atoms with van der Waals surface area (Å²) in [6.07, 6.45) is 2.27. The average molecular weight is 289 g/mol. The second-order valence-electron chi connectivity index (χ2n) is 6.83. The largest absolute Gasteiger partial charge is 0.381 e. The van der Waals surface area contributed by atoms with Crippen LogP contribution in [0.15, 0.2) is 30.3 Å². The van der Waals surface area contributed by atoms with Crippen molar-refractivity contribution in [1.82, 2.24) is 4.90 Å². The van der Waals surface area contributed by atoms with E-state index in [2.05, 4.69) is 11.9 Å².